The summed E-state index contributed by atoms with van der Waals surface area (Å²) in [5.74, 6) is 0. The van der Waals surface area contributed by atoms with Gasteiger partial charge in [0.25, 0.3) is 0 Å². The van der Waals surface area contributed by atoms with Crippen LogP contribution in [-0.2, 0) is 4.74 Å². The van der Waals surface area contributed by atoms with Crippen LogP contribution in [0, 0.1) is 0 Å². The molecular formula is C15H26N4O2. The Morgan fingerprint density at radius 1 is 1.43 bits per heavy atom. The molecule has 0 bridgehead atoms. The minimum Gasteiger partial charge on any atom is -0.444 e. The molecule has 1 atom stereocenters. The maximum atomic E-state index is 12.0. The quantitative estimate of drug-likeness (QED) is 0.872. The zero-order valence-corrected chi connectivity index (χ0v) is 13.6. The smallest absolute Gasteiger partial charge is 0.410 e. The van der Waals surface area contributed by atoms with Gasteiger partial charge in [-0.1, -0.05) is 0 Å². The van der Waals surface area contributed by atoms with Crippen LogP contribution in [0.15, 0.2) is 18.6 Å². The van der Waals surface area contributed by atoms with Gasteiger partial charge < -0.3 is 15.0 Å². The summed E-state index contributed by atoms with van der Waals surface area (Å²) in [6, 6.07) is 0.0936. The number of carbonyl (C=O) groups is 1. The van der Waals surface area contributed by atoms with Crippen LogP contribution in [0.2, 0.25) is 0 Å². The Bertz CT molecular complexity index is 431. The summed E-state index contributed by atoms with van der Waals surface area (Å²) in [4.78, 5) is 22.0. The zero-order chi connectivity index (χ0) is 15.9. The average Bonchev–Trinajstić information content (AvgIpc) is 2.42. The molecule has 6 heteroatoms. The highest BCUT2D eigenvalue weighted by atomic mass is 16.6. The molecule has 0 saturated carbocycles. The van der Waals surface area contributed by atoms with Gasteiger partial charge in [0.2, 0.25) is 0 Å². The summed E-state index contributed by atoms with van der Waals surface area (Å²) in [6.07, 6.45) is 4.78. The Morgan fingerprint density at radius 3 is 2.67 bits per heavy atom. The predicted molar refractivity (Wildman–Crippen MR) is 81.9 cm³/mol. The number of carbonyl (C=O) groups excluding carboxylic acids is 1. The lowest BCUT2D eigenvalue weighted by Crippen LogP contribution is -2.40. The molecule has 1 aromatic heterocycles. The highest BCUT2D eigenvalue weighted by molar-refractivity contribution is 5.68. The molecule has 1 amide bonds. The van der Waals surface area contributed by atoms with Crippen LogP contribution in [-0.4, -0.2) is 46.2 Å². The van der Waals surface area contributed by atoms with Gasteiger partial charge in [0.15, 0.2) is 0 Å². The Balaban J connectivity index is 2.40. The number of nitrogens with one attached hydrogen (secondary N) is 1. The molecule has 1 aromatic rings. The van der Waals surface area contributed by atoms with Gasteiger partial charge in [0.05, 0.1) is 5.69 Å². The number of hydrogen-bond acceptors (Lipinski definition) is 5. The van der Waals surface area contributed by atoms with Crippen molar-refractivity contribution in [2.24, 2.45) is 0 Å². The van der Waals surface area contributed by atoms with Crippen molar-refractivity contribution in [2.75, 3.05) is 19.6 Å². The van der Waals surface area contributed by atoms with Crippen molar-refractivity contribution >= 4 is 6.09 Å². The molecule has 0 saturated heterocycles. The second kappa shape index (κ2) is 7.93. The van der Waals surface area contributed by atoms with E-state index < -0.39 is 5.60 Å². The Labute approximate surface area is 126 Å². The molecule has 118 valence electrons. The zero-order valence-electron chi connectivity index (χ0n) is 13.6. The molecule has 1 N–H and O–H groups in total. The van der Waals surface area contributed by atoms with E-state index in [0.717, 1.165) is 5.69 Å². The molecule has 0 spiro atoms. The van der Waals surface area contributed by atoms with Crippen LogP contribution in [0.1, 0.15) is 46.4 Å². The second-order valence-electron chi connectivity index (χ2n) is 5.87. The first kappa shape index (κ1) is 17.4. The lowest BCUT2D eigenvalue weighted by Gasteiger charge is -2.27. The van der Waals surface area contributed by atoms with E-state index in [-0.39, 0.29) is 12.1 Å². The molecule has 0 radical (unpaired) electrons. The van der Waals surface area contributed by atoms with Crippen molar-refractivity contribution in [3.63, 3.8) is 0 Å². The summed E-state index contributed by atoms with van der Waals surface area (Å²) in [5.41, 5.74) is 0.419. The standard InChI is InChI=1S/C15H26N4O2/c1-6-19(14(20)21-15(3,4)5)10-9-17-12(2)13-11-16-7-8-18-13/h7-8,11-12,17H,6,9-10H2,1-5H3. The first-order valence-electron chi connectivity index (χ1n) is 7.30. The average molecular weight is 294 g/mol. The van der Waals surface area contributed by atoms with E-state index in [0.29, 0.717) is 19.6 Å². The van der Waals surface area contributed by atoms with Crippen molar-refractivity contribution in [2.45, 2.75) is 46.3 Å². The van der Waals surface area contributed by atoms with Crippen molar-refractivity contribution < 1.29 is 9.53 Å². The third kappa shape index (κ3) is 6.53. The molecule has 0 aliphatic carbocycles. The van der Waals surface area contributed by atoms with Crippen molar-refractivity contribution in [3.05, 3.63) is 24.3 Å². The van der Waals surface area contributed by atoms with Crippen LogP contribution in [0.25, 0.3) is 0 Å². The molecule has 0 fully saturated rings. The topological polar surface area (TPSA) is 67.3 Å². The molecule has 1 rings (SSSR count). The Hall–Kier alpha value is -1.69. The van der Waals surface area contributed by atoms with Crippen molar-refractivity contribution in [3.8, 4) is 0 Å². The van der Waals surface area contributed by atoms with Gasteiger partial charge in [-0.05, 0) is 34.6 Å². The molecular weight excluding hydrogens is 268 g/mol. The minimum absolute atomic E-state index is 0.0936. The van der Waals surface area contributed by atoms with Crippen molar-refractivity contribution in [1.82, 2.24) is 20.2 Å². The molecule has 0 aliphatic heterocycles. The van der Waals surface area contributed by atoms with E-state index in [1.165, 1.54) is 0 Å². The highest BCUT2D eigenvalue weighted by Crippen LogP contribution is 2.10. The van der Waals surface area contributed by atoms with Crippen LogP contribution >= 0.6 is 0 Å². The molecule has 6 nitrogen and oxygen atoms in total. The second-order valence-corrected chi connectivity index (χ2v) is 5.87. The fraction of sp³-hybridized carbons (Fsp3) is 0.667. The maximum Gasteiger partial charge on any atom is 0.410 e. The van der Waals surface area contributed by atoms with E-state index in [4.69, 9.17) is 4.74 Å². The SMILES string of the molecule is CCN(CCNC(C)c1cnccn1)C(=O)OC(C)(C)C. The fourth-order valence-corrected chi connectivity index (χ4v) is 1.76. The van der Waals surface area contributed by atoms with Crippen LogP contribution in [0.4, 0.5) is 4.79 Å². The summed E-state index contributed by atoms with van der Waals surface area (Å²) in [5, 5.41) is 3.33. The monoisotopic (exact) mass is 294 g/mol. The van der Waals surface area contributed by atoms with Crippen LogP contribution in [0.5, 0.6) is 0 Å². The van der Waals surface area contributed by atoms with Gasteiger partial charge in [-0.25, -0.2) is 4.79 Å². The number of nitrogens with zero attached hydrogens (tertiary/aromatic N) is 3. The first-order valence-corrected chi connectivity index (χ1v) is 7.30. The third-order valence-corrected chi connectivity index (χ3v) is 2.89. The lowest BCUT2D eigenvalue weighted by atomic mass is 10.2. The molecule has 1 unspecified atom stereocenters. The van der Waals surface area contributed by atoms with Gasteiger partial charge in [-0.15, -0.1) is 0 Å². The van der Waals surface area contributed by atoms with Gasteiger partial charge in [-0.2, -0.15) is 0 Å². The summed E-state index contributed by atoms with van der Waals surface area (Å²) in [6.45, 7) is 11.5. The summed E-state index contributed by atoms with van der Waals surface area (Å²) >= 11 is 0. The Morgan fingerprint density at radius 2 is 2.14 bits per heavy atom. The van der Waals surface area contributed by atoms with Gasteiger partial charge in [0, 0.05) is 44.3 Å². The van der Waals surface area contributed by atoms with E-state index in [2.05, 4.69) is 15.3 Å². The van der Waals surface area contributed by atoms with Crippen LogP contribution < -0.4 is 5.32 Å². The van der Waals surface area contributed by atoms with E-state index in [1.807, 2.05) is 34.6 Å². The minimum atomic E-state index is -0.467. The number of ether oxygens (including phenoxy) is 1. The normalized spacial score (nSPS) is 12.8. The molecule has 0 aliphatic rings. The van der Waals surface area contributed by atoms with Gasteiger partial charge in [0.1, 0.15) is 5.60 Å². The number of hydrogen-bond donors (Lipinski definition) is 1. The highest BCUT2D eigenvalue weighted by Gasteiger charge is 2.20. The number of likely N-dealkylation sites (N-methyl/N-ethyl adjacent to an activating group) is 1. The number of amides is 1. The van der Waals surface area contributed by atoms with Crippen LogP contribution in [0.3, 0.4) is 0 Å². The summed E-state index contributed by atoms with van der Waals surface area (Å²) in [7, 11) is 0. The maximum absolute atomic E-state index is 12.0. The number of rotatable bonds is 6. The predicted octanol–water partition coefficient (Wildman–Crippen LogP) is 2.38. The fourth-order valence-electron chi connectivity index (χ4n) is 1.76. The molecule has 0 aromatic carbocycles. The largest absolute Gasteiger partial charge is 0.444 e. The van der Waals surface area contributed by atoms with E-state index >= 15 is 0 Å². The Kier molecular flexibility index (Phi) is 6.55. The number of aromatic nitrogens is 2. The van der Waals surface area contributed by atoms with E-state index in [1.54, 1.807) is 23.5 Å². The van der Waals surface area contributed by atoms with Gasteiger partial charge in [-0.3, -0.25) is 9.97 Å². The van der Waals surface area contributed by atoms with Gasteiger partial charge >= 0.3 is 6.09 Å². The summed E-state index contributed by atoms with van der Waals surface area (Å²) < 4.78 is 5.37. The third-order valence-electron chi connectivity index (χ3n) is 2.89. The van der Waals surface area contributed by atoms with E-state index in [9.17, 15) is 4.79 Å². The molecule has 21 heavy (non-hydrogen) atoms. The van der Waals surface area contributed by atoms with Crippen molar-refractivity contribution in [1.29, 1.82) is 0 Å². The molecule has 1 heterocycles. The first-order chi connectivity index (χ1) is 9.83. The lowest BCUT2D eigenvalue weighted by molar-refractivity contribution is 0.0261.